The van der Waals surface area contributed by atoms with Crippen molar-refractivity contribution in [2.75, 3.05) is 0 Å². The van der Waals surface area contributed by atoms with E-state index in [1.54, 1.807) is 30.3 Å². The summed E-state index contributed by atoms with van der Waals surface area (Å²) in [6.45, 7) is 0.0788. The number of benzene rings is 2. The first-order chi connectivity index (χ1) is 14.0. The average molecular weight is 396 g/mol. The fourth-order valence-corrected chi connectivity index (χ4v) is 2.81. The van der Waals surface area contributed by atoms with Crippen LogP contribution in [0.15, 0.2) is 60.7 Å². The Balaban J connectivity index is 1.62. The number of carbonyl (C=O) groups excluding carboxylic acids is 4. The molecule has 3 rings (SSSR count). The van der Waals surface area contributed by atoms with Gasteiger partial charge >= 0.3 is 12.1 Å². The van der Waals surface area contributed by atoms with E-state index in [-0.39, 0.29) is 25.9 Å². The van der Waals surface area contributed by atoms with Crippen molar-refractivity contribution in [2.24, 2.45) is 0 Å². The summed E-state index contributed by atoms with van der Waals surface area (Å²) in [4.78, 5) is 52.6. The number of carbonyl (C=O) groups is 4. The number of hydrogen-bond donors (Lipinski definition) is 1. The maximum absolute atomic E-state index is 12.3. The highest BCUT2D eigenvalue weighted by atomic mass is 16.7. The molecule has 0 saturated carbocycles. The number of alkyl carbamates (subject to hydrolysis) is 1. The second-order valence-electron chi connectivity index (χ2n) is 6.42. The zero-order valence-electron chi connectivity index (χ0n) is 15.6. The van der Waals surface area contributed by atoms with E-state index in [1.165, 1.54) is 0 Å². The van der Waals surface area contributed by atoms with Crippen molar-refractivity contribution in [3.8, 4) is 0 Å². The minimum Gasteiger partial charge on any atom is -0.445 e. The van der Waals surface area contributed by atoms with Gasteiger partial charge < -0.3 is 14.9 Å². The van der Waals surface area contributed by atoms with Crippen molar-refractivity contribution >= 4 is 23.9 Å². The molecule has 1 aliphatic rings. The van der Waals surface area contributed by atoms with E-state index in [0.717, 1.165) is 5.56 Å². The lowest BCUT2D eigenvalue weighted by Gasteiger charge is -2.20. The van der Waals surface area contributed by atoms with Gasteiger partial charge in [0.05, 0.1) is 12.5 Å². The monoisotopic (exact) mass is 396 g/mol. The molecule has 8 heteroatoms. The molecule has 29 heavy (non-hydrogen) atoms. The van der Waals surface area contributed by atoms with Gasteiger partial charge in [0, 0.05) is 12.8 Å². The second-order valence-corrected chi connectivity index (χ2v) is 6.42. The Morgan fingerprint density at radius 3 is 2.14 bits per heavy atom. The number of amides is 3. The lowest BCUT2D eigenvalue weighted by atomic mass is 10.0. The number of nitrogens with one attached hydrogen (secondary N) is 1. The highest BCUT2D eigenvalue weighted by Crippen LogP contribution is 2.20. The first-order valence-corrected chi connectivity index (χ1v) is 9.11. The Kier molecular flexibility index (Phi) is 6.57. The predicted molar refractivity (Wildman–Crippen MR) is 101 cm³/mol. The van der Waals surface area contributed by atoms with Crippen LogP contribution in [0.2, 0.25) is 0 Å². The van der Waals surface area contributed by atoms with Crippen LogP contribution in [0.4, 0.5) is 4.79 Å². The molecule has 0 spiro atoms. The average Bonchev–Trinajstić information content (AvgIpc) is 3.05. The van der Waals surface area contributed by atoms with Crippen LogP contribution in [0, 0.1) is 0 Å². The van der Waals surface area contributed by atoms with Crippen molar-refractivity contribution in [3.05, 3.63) is 71.8 Å². The minimum absolute atomic E-state index is 0.0122. The van der Waals surface area contributed by atoms with Gasteiger partial charge in [0.25, 0.3) is 11.8 Å². The number of imide groups is 1. The van der Waals surface area contributed by atoms with Crippen molar-refractivity contribution in [1.82, 2.24) is 10.4 Å². The first kappa shape index (κ1) is 20.1. The fraction of sp³-hybridized carbons (Fsp3) is 0.238. The third-order valence-corrected chi connectivity index (χ3v) is 4.28. The standard InChI is InChI=1S/C21H20N2O6/c24-18-11-12-19(25)23(18)29-20(26)13-17(16-9-5-2-6-10-16)22-21(27)28-14-15-7-3-1-4-8-15/h1-10,17H,11-14H2,(H,22,27)/t17-/m0/s1. The molecule has 0 aliphatic carbocycles. The smallest absolute Gasteiger partial charge is 0.407 e. The molecule has 0 aromatic heterocycles. The van der Waals surface area contributed by atoms with Crippen molar-refractivity contribution in [1.29, 1.82) is 0 Å². The Hall–Kier alpha value is -3.68. The molecule has 2 aromatic rings. The van der Waals surface area contributed by atoms with E-state index < -0.39 is 29.9 Å². The summed E-state index contributed by atoms with van der Waals surface area (Å²) in [5, 5.41) is 3.12. The van der Waals surface area contributed by atoms with Crippen molar-refractivity contribution < 1.29 is 28.8 Å². The Labute approximate surface area is 167 Å². The summed E-state index contributed by atoms with van der Waals surface area (Å²) in [6, 6.07) is 17.2. The largest absolute Gasteiger partial charge is 0.445 e. The summed E-state index contributed by atoms with van der Waals surface area (Å²) in [5.74, 6) is -1.93. The maximum atomic E-state index is 12.3. The van der Waals surface area contributed by atoms with E-state index >= 15 is 0 Å². The summed E-state index contributed by atoms with van der Waals surface area (Å²) in [5.41, 5.74) is 1.48. The molecular weight excluding hydrogens is 376 g/mol. The van der Waals surface area contributed by atoms with Crippen LogP contribution in [-0.4, -0.2) is 28.9 Å². The predicted octanol–water partition coefficient (Wildman–Crippen LogP) is 2.65. The highest BCUT2D eigenvalue weighted by molar-refractivity contribution is 6.01. The summed E-state index contributed by atoms with van der Waals surface area (Å²) >= 11 is 0. The molecule has 0 radical (unpaired) electrons. The quantitative estimate of drug-likeness (QED) is 0.722. The van der Waals surface area contributed by atoms with Crippen molar-refractivity contribution in [3.63, 3.8) is 0 Å². The molecule has 1 N–H and O–H groups in total. The summed E-state index contributed by atoms with van der Waals surface area (Å²) in [6.07, 6.45) is -0.957. The molecule has 1 saturated heterocycles. The van der Waals surface area contributed by atoms with Gasteiger partial charge in [-0.1, -0.05) is 60.7 Å². The van der Waals surface area contributed by atoms with Crippen LogP contribution >= 0.6 is 0 Å². The van der Waals surface area contributed by atoms with Crippen LogP contribution in [0.5, 0.6) is 0 Å². The first-order valence-electron chi connectivity index (χ1n) is 9.11. The Bertz CT molecular complexity index is 869. The molecule has 2 aromatic carbocycles. The van der Waals surface area contributed by atoms with Crippen LogP contribution in [0.25, 0.3) is 0 Å². The number of rotatable bonds is 7. The number of nitrogens with zero attached hydrogens (tertiary/aromatic N) is 1. The zero-order chi connectivity index (χ0) is 20.6. The molecule has 150 valence electrons. The van der Waals surface area contributed by atoms with Gasteiger partial charge in [-0.25, -0.2) is 9.59 Å². The van der Waals surface area contributed by atoms with Gasteiger partial charge in [0.2, 0.25) is 0 Å². The third kappa shape index (κ3) is 5.65. The number of ether oxygens (including phenoxy) is 1. The van der Waals surface area contributed by atoms with Gasteiger partial charge in [-0.05, 0) is 11.1 Å². The molecule has 1 atom stereocenters. The lowest BCUT2D eigenvalue weighted by molar-refractivity contribution is -0.197. The van der Waals surface area contributed by atoms with Gasteiger partial charge in [-0.3, -0.25) is 9.59 Å². The van der Waals surface area contributed by atoms with Gasteiger partial charge in [0.15, 0.2) is 0 Å². The molecule has 8 nitrogen and oxygen atoms in total. The minimum atomic E-state index is -0.814. The van der Waals surface area contributed by atoms with E-state index in [4.69, 9.17) is 9.57 Å². The zero-order valence-corrected chi connectivity index (χ0v) is 15.6. The third-order valence-electron chi connectivity index (χ3n) is 4.28. The second kappa shape index (κ2) is 9.50. The van der Waals surface area contributed by atoms with E-state index in [9.17, 15) is 19.2 Å². The van der Waals surface area contributed by atoms with Crippen LogP contribution in [-0.2, 0) is 30.6 Å². The molecule has 1 fully saturated rings. The van der Waals surface area contributed by atoms with E-state index in [1.807, 2.05) is 30.3 Å². The Morgan fingerprint density at radius 2 is 1.52 bits per heavy atom. The van der Waals surface area contributed by atoms with E-state index in [2.05, 4.69) is 5.32 Å². The maximum Gasteiger partial charge on any atom is 0.407 e. The van der Waals surface area contributed by atoms with Gasteiger partial charge in [-0.15, -0.1) is 5.06 Å². The molecule has 1 aliphatic heterocycles. The molecular formula is C21H20N2O6. The SMILES string of the molecule is O=C(C[C@H](NC(=O)OCc1ccccc1)c1ccccc1)ON1C(=O)CCC1=O. The summed E-state index contributed by atoms with van der Waals surface area (Å²) < 4.78 is 5.21. The normalized spacial score (nSPS) is 14.4. The highest BCUT2D eigenvalue weighted by Gasteiger charge is 2.33. The van der Waals surface area contributed by atoms with Crippen LogP contribution < -0.4 is 5.32 Å². The molecule has 1 heterocycles. The lowest BCUT2D eigenvalue weighted by Crippen LogP contribution is -2.35. The fourth-order valence-electron chi connectivity index (χ4n) is 2.81. The Morgan fingerprint density at radius 1 is 0.931 bits per heavy atom. The molecule has 0 bridgehead atoms. The summed E-state index contributed by atoms with van der Waals surface area (Å²) in [7, 11) is 0. The van der Waals surface area contributed by atoms with Crippen LogP contribution in [0.3, 0.4) is 0 Å². The number of hydroxylamine groups is 2. The molecule has 3 amide bonds. The van der Waals surface area contributed by atoms with E-state index in [0.29, 0.717) is 10.6 Å². The van der Waals surface area contributed by atoms with Gasteiger partial charge in [0.1, 0.15) is 6.61 Å². The van der Waals surface area contributed by atoms with Gasteiger partial charge in [-0.2, -0.15) is 0 Å². The molecule has 0 unspecified atom stereocenters. The topological polar surface area (TPSA) is 102 Å². The number of hydrogen-bond acceptors (Lipinski definition) is 6. The van der Waals surface area contributed by atoms with Crippen LogP contribution in [0.1, 0.15) is 36.4 Å². The van der Waals surface area contributed by atoms with Crippen molar-refractivity contribution in [2.45, 2.75) is 31.9 Å².